The summed E-state index contributed by atoms with van der Waals surface area (Å²) in [6.45, 7) is 0. The number of benzene rings is 1. The summed E-state index contributed by atoms with van der Waals surface area (Å²) in [4.78, 5) is 13.2. The van der Waals surface area contributed by atoms with E-state index in [1.54, 1.807) is 0 Å². The topological polar surface area (TPSA) is 53.2 Å². The molecule has 0 amide bonds. The van der Waals surface area contributed by atoms with Gasteiger partial charge in [0.05, 0.1) is 18.2 Å². The van der Waals surface area contributed by atoms with Crippen LogP contribution in [0.3, 0.4) is 0 Å². The molecule has 13 heavy (non-hydrogen) atoms. The average Bonchev–Trinajstić information content (AvgIpc) is 2.12. The van der Waals surface area contributed by atoms with Crippen molar-refractivity contribution < 1.29 is 9.18 Å². The lowest BCUT2D eigenvalue weighted by Gasteiger charge is -1.97. The molecule has 0 N–H and O–H groups in total. The van der Waals surface area contributed by atoms with E-state index in [1.165, 1.54) is 24.3 Å². The standard InChI is InChI=1S/C9H5FN2O/c10-9-2-1-8(12-6-13)5-7(9)3-4-11/h1-2,5H,3H2. The molecule has 0 aliphatic carbocycles. The van der Waals surface area contributed by atoms with Gasteiger partial charge in [-0.25, -0.2) is 9.18 Å². The third kappa shape index (κ3) is 2.22. The number of rotatable bonds is 2. The molecule has 0 spiro atoms. The summed E-state index contributed by atoms with van der Waals surface area (Å²) < 4.78 is 12.9. The van der Waals surface area contributed by atoms with Crippen LogP contribution in [0.5, 0.6) is 0 Å². The molecule has 64 valence electrons. The van der Waals surface area contributed by atoms with Gasteiger partial charge in [-0.05, 0) is 18.2 Å². The van der Waals surface area contributed by atoms with Crippen molar-refractivity contribution in [1.82, 2.24) is 0 Å². The Morgan fingerprint density at radius 2 is 2.31 bits per heavy atom. The van der Waals surface area contributed by atoms with Crippen LogP contribution in [0.2, 0.25) is 0 Å². The van der Waals surface area contributed by atoms with Gasteiger partial charge in [0.15, 0.2) is 0 Å². The molecule has 0 atom stereocenters. The molecule has 0 unspecified atom stereocenters. The molecule has 4 heteroatoms. The molecular weight excluding hydrogens is 171 g/mol. The zero-order chi connectivity index (χ0) is 9.68. The molecule has 0 bridgehead atoms. The smallest absolute Gasteiger partial charge is 0.211 e. The first-order valence-corrected chi connectivity index (χ1v) is 3.51. The lowest BCUT2D eigenvalue weighted by Crippen LogP contribution is -1.86. The summed E-state index contributed by atoms with van der Waals surface area (Å²) in [5, 5.41) is 8.34. The van der Waals surface area contributed by atoms with Crippen LogP contribution in [0, 0.1) is 17.1 Å². The third-order valence-corrected chi connectivity index (χ3v) is 1.47. The largest absolute Gasteiger partial charge is 0.240 e. The maximum absolute atomic E-state index is 12.9. The fourth-order valence-corrected chi connectivity index (χ4v) is 0.904. The maximum Gasteiger partial charge on any atom is 0.240 e. The van der Waals surface area contributed by atoms with Gasteiger partial charge in [0.1, 0.15) is 5.82 Å². The molecule has 1 aromatic carbocycles. The van der Waals surface area contributed by atoms with Crippen LogP contribution in [0.4, 0.5) is 10.1 Å². The molecule has 0 aliphatic rings. The van der Waals surface area contributed by atoms with Gasteiger partial charge in [0, 0.05) is 5.56 Å². The Morgan fingerprint density at radius 1 is 1.54 bits per heavy atom. The van der Waals surface area contributed by atoms with E-state index in [4.69, 9.17) is 5.26 Å². The Hall–Kier alpha value is -1.98. The van der Waals surface area contributed by atoms with Gasteiger partial charge in [-0.3, -0.25) is 0 Å². The highest BCUT2D eigenvalue weighted by atomic mass is 19.1. The van der Waals surface area contributed by atoms with E-state index >= 15 is 0 Å². The predicted octanol–water partition coefficient (Wildman–Crippen LogP) is 1.86. The van der Waals surface area contributed by atoms with E-state index in [2.05, 4.69) is 4.99 Å². The SMILES string of the molecule is N#CCc1cc(N=C=O)ccc1F. The van der Waals surface area contributed by atoms with Gasteiger partial charge in [-0.15, -0.1) is 0 Å². The number of hydrogen-bond donors (Lipinski definition) is 0. The number of carbonyl (C=O) groups excluding carboxylic acids is 1. The zero-order valence-corrected chi connectivity index (χ0v) is 6.62. The van der Waals surface area contributed by atoms with Crippen molar-refractivity contribution in [2.75, 3.05) is 0 Å². The van der Waals surface area contributed by atoms with E-state index in [1.807, 2.05) is 6.07 Å². The van der Waals surface area contributed by atoms with Crippen LogP contribution < -0.4 is 0 Å². The Balaban J connectivity index is 3.12. The summed E-state index contributed by atoms with van der Waals surface area (Å²) in [6, 6.07) is 5.68. The van der Waals surface area contributed by atoms with E-state index in [0.717, 1.165) is 0 Å². The summed E-state index contributed by atoms with van der Waals surface area (Å²) >= 11 is 0. The van der Waals surface area contributed by atoms with Crippen LogP contribution in [0.1, 0.15) is 5.56 Å². The van der Waals surface area contributed by atoms with Crippen molar-refractivity contribution in [2.45, 2.75) is 6.42 Å². The van der Waals surface area contributed by atoms with Crippen LogP contribution in [0.15, 0.2) is 23.2 Å². The predicted molar refractivity (Wildman–Crippen MR) is 43.5 cm³/mol. The van der Waals surface area contributed by atoms with Crippen molar-refractivity contribution in [3.05, 3.63) is 29.6 Å². The molecule has 1 rings (SSSR count). The molecule has 0 heterocycles. The molecule has 0 aliphatic heterocycles. The highest BCUT2D eigenvalue weighted by Gasteiger charge is 2.01. The second-order valence-corrected chi connectivity index (χ2v) is 2.31. The number of nitriles is 1. The normalized spacial score (nSPS) is 8.62. The lowest BCUT2D eigenvalue weighted by atomic mass is 10.1. The van der Waals surface area contributed by atoms with Gasteiger partial charge >= 0.3 is 0 Å². The van der Waals surface area contributed by atoms with Crippen molar-refractivity contribution in [2.24, 2.45) is 4.99 Å². The van der Waals surface area contributed by atoms with Gasteiger partial charge in [-0.2, -0.15) is 10.3 Å². The lowest BCUT2D eigenvalue weighted by molar-refractivity contribution is 0.565. The third-order valence-electron chi connectivity index (χ3n) is 1.47. The Bertz CT molecular complexity index is 403. The van der Waals surface area contributed by atoms with Gasteiger partial charge < -0.3 is 0 Å². The molecule has 0 saturated heterocycles. The number of nitrogens with zero attached hydrogens (tertiary/aromatic N) is 2. The number of hydrogen-bond acceptors (Lipinski definition) is 3. The number of isocyanates is 1. The molecule has 0 fully saturated rings. The van der Waals surface area contributed by atoms with Crippen LogP contribution in [-0.2, 0) is 11.2 Å². The minimum absolute atomic E-state index is 0.0337. The summed E-state index contributed by atoms with van der Waals surface area (Å²) in [5.74, 6) is -0.466. The number of halogens is 1. The second kappa shape index (κ2) is 4.15. The van der Waals surface area contributed by atoms with Crippen molar-refractivity contribution in [3.8, 4) is 6.07 Å². The Kier molecular flexibility index (Phi) is 2.91. The first-order valence-electron chi connectivity index (χ1n) is 3.51. The fourth-order valence-electron chi connectivity index (χ4n) is 0.904. The molecule has 0 aromatic heterocycles. The van der Waals surface area contributed by atoms with Crippen LogP contribution in [-0.4, -0.2) is 6.08 Å². The van der Waals surface area contributed by atoms with Gasteiger partial charge in [0.25, 0.3) is 0 Å². The number of aliphatic imine (C=N–C) groups is 1. The van der Waals surface area contributed by atoms with Crippen molar-refractivity contribution in [3.63, 3.8) is 0 Å². The molecule has 3 nitrogen and oxygen atoms in total. The van der Waals surface area contributed by atoms with E-state index in [9.17, 15) is 9.18 Å². The Morgan fingerprint density at radius 3 is 2.92 bits per heavy atom. The Labute approximate surface area is 74.1 Å². The minimum Gasteiger partial charge on any atom is -0.211 e. The first kappa shape index (κ1) is 9.11. The van der Waals surface area contributed by atoms with Crippen molar-refractivity contribution >= 4 is 11.8 Å². The summed E-state index contributed by atoms with van der Waals surface area (Å²) in [7, 11) is 0. The van der Waals surface area contributed by atoms with Crippen LogP contribution >= 0.6 is 0 Å². The monoisotopic (exact) mass is 176 g/mol. The van der Waals surface area contributed by atoms with Crippen molar-refractivity contribution in [1.29, 1.82) is 5.26 Å². The first-order chi connectivity index (χ1) is 6.27. The highest BCUT2D eigenvalue weighted by molar-refractivity contribution is 5.50. The molecule has 0 saturated carbocycles. The van der Waals surface area contributed by atoms with E-state index in [-0.39, 0.29) is 12.0 Å². The average molecular weight is 176 g/mol. The minimum atomic E-state index is -0.466. The molecule has 1 aromatic rings. The van der Waals surface area contributed by atoms with Gasteiger partial charge in [0.2, 0.25) is 6.08 Å². The highest BCUT2D eigenvalue weighted by Crippen LogP contribution is 2.16. The van der Waals surface area contributed by atoms with Crippen LogP contribution in [0.25, 0.3) is 0 Å². The van der Waals surface area contributed by atoms with Gasteiger partial charge in [-0.1, -0.05) is 0 Å². The molecular formula is C9H5FN2O. The summed E-state index contributed by atoms with van der Waals surface area (Å²) in [6.07, 6.45) is 1.31. The second-order valence-electron chi connectivity index (χ2n) is 2.31. The molecule has 0 radical (unpaired) electrons. The quantitative estimate of drug-likeness (QED) is 0.510. The zero-order valence-electron chi connectivity index (χ0n) is 6.62. The van der Waals surface area contributed by atoms with E-state index < -0.39 is 5.82 Å². The van der Waals surface area contributed by atoms with E-state index in [0.29, 0.717) is 5.69 Å². The maximum atomic E-state index is 12.9. The fraction of sp³-hybridized carbons (Fsp3) is 0.111. The summed E-state index contributed by atoms with van der Waals surface area (Å²) in [5.41, 5.74) is 0.542.